The van der Waals surface area contributed by atoms with Gasteiger partial charge in [-0.2, -0.15) is 4.98 Å². The Kier molecular flexibility index (Phi) is 3.06. The molecule has 4 nitrogen and oxygen atoms in total. The lowest BCUT2D eigenvalue weighted by Gasteiger charge is -2.07. The zero-order chi connectivity index (χ0) is 14.1. The predicted molar refractivity (Wildman–Crippen MR) is 67.9 cm³/mol. The zero-order valence-corrected chi connectivity index (χ0v) is 10.7. The van der Waals surface area contributed by atoms with Crippen molar-refractivity contribution in [1.29, 1.82) is 0 Å². The van der Waals surface area contributed by atoms with Crippen molar-refractivity contribution in [3.05, 3.63) is 59.6 Å². The highest BCUT2D eigenvalue weighted by Gasteiger charge is 2.13. The van der Waals surface area contributed by atoms with Crippen molar-refractivity contribution in [1.82, 2.24) is 14.7 Å². The predicted octanol–water partition coefficient (Wildman–Crippen LogP) is 3.17. The molecule has 0 bridgehead atoms. The van der Waals surface area contributed by atoms with Crippen molar-refractivity contribution in [3.8, 4) is 11.6 Å². The first-order chi connectivity index (χ1) is 9.63. The summed E-state index contributed by atoms with van der Waals surface area (Å²) in [6.45, 7) is 1.90. The van der Waals surface area contributed by atoms with Gasteiger partial charge in [-0.3, -0.25) is 0 Å². The van der Waals surface area contributed by atoms with Crippen molar-refractivity contribution < 1.29 is 13.3 Å². The van der Waals surface area contributed by atoms with E-state index in [9.17, 15) is 8.78 Å². The lowest BCUT2D eigenvalue weighted by molar-refractivity contribution is 0.422. The second kappa shape index (κ2) is 4.88. The SMILES string of the molecule is Cc1noc(-c2cccn2Cc2cc(F)ccc2F)n1. The first-order valence-electron chi connectivity index (χ1n) is 6.03. The van der Waals surface area contributed by atoms with Gasteiger partial charge >= 0.3 is 0 Å². The Morgan fingerprint density at radius 2 is 2.10 bits per heavy atom. The molecule has 2 heterocycles. The monoisotopic (exact) mass is 275 g/mol. The molecule has 0 N–H and O–H groups in total. The van der Waals surface area contributed by atoms with Crippen LogP contribution in [-0.4, -0.2) is 14.7 Å². The van der Waals surface area contributed by atoms with Gasteiger partial charge in [-0.25, -0.2) is 8.78 Å². The van der Waals surface area contributed by atoms with Gasteiger partial charge in [0.2, 0.25) is 0 Å². The van der Waals surface area contributed by atoms with E-state index in [1.807, 2.05) is 0 Å². The summed E-state index contributed by atoms with van der Waals surface area (Å²) in [5, 5.41) is 3.72. The number of halogens is 2. The van der Waals surface area contributed by atoms with E-state index < -0.39 is 11.6 Å². The van der Waals surface area contributed by atoms with Gasteiger partial charge in [0.15, 0.2) is 5.82 Å². The minimum Gasteiger partial charge on any atom is -0.339 e. The average molecular weight is 275 g/mol. The van der Waals surface area contributed by atoms with Crippen molar-refractivity contribution in [2.45, 2.75) is 13.5 Å². The number of rotatable bonds is 3. The molecule has 0 radical (unpaired) electrons. The van der Waals surface area contributed by atoms with Gasteiger partial charge in [0.25, 0.3) is 5.89 Å². The zero-order valence-electron chi connectivity index (χ0n) is 10.7. The van der Waals surface area contributed by atoms with Gasteiger partial charge in [-0.15, -0.1) is 0 Å². The summed E-state index contributed by atoms with van der Waals surface area (Å²) in [5.41, 5.74) is 0.924. The highest BCUT2D eigenvalue weighted by atomic mass is 19.1. The lowest BCUT2D eigenvalue weighted by atomic mass is 10.2. The Morgan fingerprint density at radius 3 is 2.85 bits per heavy atom. The quantitative estimate of drug-likeness (QED) is 0.737. The molecule has 0 spiro atoms. The van der Waals surface area contributed by atoms with Gasteiger partial charge in [0.1, 0.15) is 17.3 Å². The van der Waals surface area contributed by atoms with E-state index in [-0.39, 0.29) is 12.1 Å². The summed E-state index contributed by atoms with van der Waals surface area (Å²) in [4.78, 5) is 4.13. The van der Waals surface area contributed by atoms with Crippen molar-refractivity contribution in [2.75, 3.05) is 0 Å². The third-order valence-electron chi connectivity index (χ3n) is 2.92. The number of benzene rings is 1. The van der Waals surface area contributed by atoms with Crippen molar-refractivity contribution >= 4 is 0 Å². The molecule has 0 aliphatic carbocycles. The summed E-state index contributed by atoms with van der Waals surface area (Å²) in [7, 11) is 0. The molecule has 20 heavy (non-hydrogen) atoms. The third kappa shape index (κ3) is 2.32. The second-order valence-electron chi connectivity index (χ2n) is 4.40. The number of aromatic nitrogens is 3. The van der Waals surface area contributed by atoms with Crippen molar-refractivity contribution in [3.63, 3.8) is 0 Å². The molecule has 0 aliphatic rings. The van der Waals surface area contributed by atoms with E-state index in [4.69, 9.17) is 4.52 Å². The minimum absolute atomic E-state index is 0.188. The molecule has 102 valence electrons. The van der Waals surface area contributed by atoms with Crippen LogP contribution >= 0.6 is 0 Å². The summed E-state index contributed by atoms with van der Waals surface area (Å²) >= 11 is 0. The maximum Gasteiger partial charge on any atom is 0.274 e. The largest absolute Gasteiger partial charge is 0.339 e. The molecule has 3 rings (SSSR count). The van der Waals surface area contributed by atoms with Crippen molar-refractivity contribution in [2.24, 2.45) is 0 Å². The fourth-order valence-electron chi connectivity index (χ4n) is 2.00. The van der Waals surface area contributed by atoms with Crippen LogP contribution in [0.15, 0.2) is 41.1 Å². The first-order valence-corrected chi connectivity index (χ1v) is 6.03. The number of aryl methyl sites for hydroxylation is 1. The van der Waals surface area contributed by atoms with Gasteiger partial charge < -0.3 is 9.09 Å². The topological polar surface area (TPSA) is 43.9 Å². The van der Waals surface area contributed by atoms with Crippen LogP contribution in [0.2, 0.25) is 0 Å². The van der Waals surface area contributed by atoms with Gasteiger partial charge in [0, 0.05) is 11.8 Å². The normalized spacial score (nSPS) is 10.9. The average Bonchev–Trinajstić information content (AvgIpc) is 3.02. The van der Waals surface area contributed by atoms with Crippen LogP contribution in [0, 0.1) is 18.6 Å². The van der Waals surface area contributed by atoms with Crippen LogP contribution in [0.25, 0.3) is 11.6 Å². The van der Waals surface area contributed by atoms with Crippen LogP contribution in [-0.2, 0) is 6.54 Å². The highest BCUT2D eigenvalue weighted by molar-refractivity contribution is 5.48. The molecule has 0 unspecified atom stereocenters. The molecule has 0 aliphatic heterocycles. The molecule has 0 atom stereocenters. The van der Waals surface area contributed by atoms with E-state index in [0.29, 0.717) is 17.4 Å². The number of nitrogens with zero attached hydrogens (tertiary/aromatic N) is 3. The smallest absolute Gasteiger partial charge is 0.274 e. The highest BCUT2D eigenvalue weighted by Crippen LogP contribution is 2.20. The fraction of sp³-hybridized carbons (Fsp3) is 0.143. The molecule has 0 amide bonds. The van der Waals surface area contributed by atoms with E-state index in [1.165, 1.54) is 6.07 Å². The Bertz CT molecular complexity index is 748. The van der Waals surface area contributed by atoms with E-state index in [1.54, 1.807) is 29.8 Å². The standard InChI is InChI=1S/C14H11F2N3O/c1-9-17-14(20-18-9)13-3-2-6-19(13)8-10-7-11(15)4-5-12(10)16/h2-7H,8H2,1H3. The number of hydrogen-bond acceptors (Lipinski definition) is 3. The maximum absolute atomic E-state index is 13.7. The van der Waals surface area contributed by atoms with Crippen LogP contribution in [0.5, 0.6) is 0 Å². The molecule has 0 saturated carbocycles. The molecule has 3 aromatic rings. The lowest BCUT2D eigenvalue weighted by Crippen LogP contribution is -2.03. The molecule has 6 heteroatoms. The molecular formula is C14H11F2N3O. The van der Waals surface area contributed by atoms with Crippen LogP contribution in [0.3, 0.4) is 0 Å². The summed E-state index contributed by atoms with van der Waals surface area (Å²) in [5.74, 6) is -0.0505. The Balaban J connectivity index is 1.96. The third-order valence-corrected chi connectivity index (χ3v) is 2.92. The fourth-order valence-corrected chi connectivity index (χ4v) is 2.00. The first kappa shape index (κ1) is 12.5. The van der Waals surface area contributed by atoms with E-state index in [0.717, 1.165) is 12.1 Å². The van der Waals surface area contributed by atoms with Crippen LogP contribution in [0.1, 0.15) is 11.4 Å². The summed E-state index contributed by atoms with van der Waals surface area (Å²) < 4.78 is 33.7. The Hall–Kier alpha value is -2.50. The van der Waals surface area contributed by atoms with E-state index >= 15 is 0 Å². The molecule has 0 fully saturated rings. The molecular weight excluding hydrogens is 264 g/mol. The Labute approximate surface area is 113 Å². The van der Waals surface area contributed by atoms with Gasteiger partial charge in [0.05, 0.1) is 6.54 Å². The Morgan fingerprint density at radius 1 is 1.25 bits per heavy atom. The molecule has 0 saturated heterocycles. The molecule has 2 aromatic heterocycles. The molecule has 1 aromatic carbocycles. The van der Waals surface area contributed by atoms with Gasteiger partial charge in [-0.1, -0.05) is 5.16 Å². The van der Waals surface area contributed by atoms with Crippen LogP contribution in [0.4, 0.5) is 8.78 Å². The number of hydrogen-bond donors (Lipinski definition) is 0. The van der Waals surface area contributed by atoms with Crippen LogP contribution < -0.4 is 0 Å². The van der Waals surface area contributed by atoms with Gasteiger partial charge in [-0.05, 0) is 37.3 Å². The minimum atomic E-state index is -0.469. The summed E-state index contributed by atoms with van der Waals surface area (Å²) in [6.07, 6.45) is 1.75. The summed E-state index contributed by atoms with van der Waals surface area (Å²) in [6, 6.07) is 6.95. The van der Waals surface area contributed by atoms with E-state index in [2.05, 4.69) is 10.1 Å². The second-order valence-corrected chi connectivity index (χ2v) is 4.40. The maximum atomic E-state index is 13.7.